The van der Waals surface area contributed by atoms with E-state index in [4.69, 9.17) is 4.98 Å². The summed E-state index contributed by atoms with van der Waals surface area (Å²) in [4.78, 5) is 43.1. The van der Waals surface area contributed by atoms with E-state index in [2.05, 4.69) is 10.6 Å². The van der Waals surface area contributed by atoms with Gasteiger partial charge in [0.05, 0.1) is 17.2 Å². The van der Waals surface area contributed by atoms with Crippen LogP contribution in [-0.2, 0) is 11.3 Å². The van der Waals surface area contributed by atoms with Gasteiger partial charge in [-0.1, -0.05) is 72.4 Å². The summed E-state index contributed by atoms with van der Waals surface area (Å²) in [6.07, 6.45) is 0. The van der Waals surface area contributed by atoms with Crippen LogP contribution in [0.15, 0.2) is 76.0 Å². The van der Waals surface area contributed by atoms with Crippen molar-refractivity contribution in [3.63, 3.8) is 0 Å². The van der Waals surface area contributed by atoms with Gasteiger partial charge in [-0.2, -0.15) is 0 Å². The minimum Gasteiger partial charge on any atom is -0.341 e. The van der Waals surface area contributed by atoms with Crippen molar-refractivity contribution in [2.45, 2.75) is 23.9 Å². The van der Waals surface area contributed by atoms with Gasteiger partial charge < -0.3 is 5.32 Å². The number of hydrogen-bond donors (Lipinski definition) is 2. The van der Waals surface area contributed by atoms with Crippen molar-refractivity contribution in [3.05, 3.63) is 82.0 Å². The Hall–Kier alpha value is -3.43. The van der Waals surface area contributed by atoms with Crippen LogP contribution in [0.25, 0.3) is 21.3 Å². The van der Waals surface area contributed by atoms with Gasteiger partial charge in [0.25, 0.3) is 5.56 Å². The molecule has 0 saturated heterocycles. The molecule has 0 fully saturated rings. The first-order valence-electron chi connectivity index (χ1n) is 10.3. The van der Waals surface area contributed by atoms with Crippen LogP contribution in [0.5, 0.6) is 0 Å². The first-order valence-corrected chi connectivity index (χ1v) is 12.0. The van der Waals surface area contributed by atoms with E-state index in [0.29, 0.717) is 21.9 Å². The number of nitrogens with zero attached hydrogens (tertiary/aromatic N) is 2. The lowest BCUT2D eigenvalue weighted by atomic mass is 10.1. The van der Waals surface area contributed by atoms with Crippen LogP contribution in [0.4, 0.5) is 4.79 Å². The van der Waals surface area contributed by atoms with Crippen LogP contribution in [-0.4, -0.2) is 33.8 Å². The number of aromatic nitrogens is 2. The number of carbonyl (C=O) groups excluding carboxylic acids is 2. The highest BCUT2D eigenvalue weighted by Crippen LogP contribution is 2.33. The zero-order valence-electron chi connectivity index (χ0n) is 18.1. The standard InChI is InChI=1S/C24H22N4O3S2/c1-15(20(29)26-23(31)25-2)33-24-27-21-19(18(14-32-21)17-11-7-4-8-12-17)22(30)28(24)13-16-9-5-3-6-10-16/h3-12,14-15H,13H2,1-2H3,(H2,25,26,29,31). The number of nitrogens with one attached hydrogen (secondary N) is 2. The molecule has 9 heteroatoms. The van der Waals surface area contributed by atoms with Crippen LogP contribution in [0.2, 0.25) is 0 Å². The SMILES string of the molecule is CNC(=O)NC(=O)C(C)Sc1nc2scc(-c3ccccc3)c2c(=O)n1Cc1ccccc1. The van der Waals surface area contributed by atoms with Gasteiger partial charge in [0, 0.05) is 18.0 Å². The highest BCUT2D eigenvalue weighted by Gasteiger charge is 2.22. The topological polar surface area (TPSA) is 93.1 Å². The molecule has 0 aliphatic carbocycles. The summed E-state index contributed by atoms with van der Waals surface area (Å²) < 4.78 is 1.60. The number of hydrogen-bond acceptors (Lipinski definition) is 6. The lowest BCUT2D eigenvalue weighted by molar-refractivity contribution is -0.119. The Bertz CT molecular complexity index is 1350. The first-order chi connectivity index (χ1) is 16.0. The Balaban J connectivity index is 1.80. The van der Waals surface area contributed by atoms with Crippen molar-refractivity contribution in [1.82, 2.24) is 20.2 Å². The number of thioether (sulfide) groups is 1. The van der Waals surface area contributed by atoms with Gasteiger partial charge in [0.15, 0.2) is 5.16 Å². The summed E-state index contributed by atoms with van der Waals surface area (Å²) >= 11 is 2.55. The minimum absolute atomic E-state index is 0.162. The third kappa shape index (κ3) is 4.99. The monoisotopic (exact) mass is 478 g/mol. The van der Waals surface area contributed by atoms with Gasteiger partial charge in [0.1, 0.15) is 4.83 Å². The molecule has 0 radical (unpaired) electrons. The molecule has 33 heavy (non-hydrogen) atoms. The lowest BCUT2D eigenvalue weighted by Gasteiger charge is -2.16. The van der Waals surface area contributed by atoms with E-state index >= 15 is 0 Å². The Kier molecular flexibility index (Phi) is 6.90. The molecule has 4 rings (SSSR count). The smallest absolute Gasteiger partial charge is 0.321 e. The fraction of sp³-hybridized carbons (Fsp3) is 0.167. The number of fused-ring (bicyclic) bond motifs is 1. The highest BCUT2D eigenvalue weighted by atomic mass is 32.2. The fourth-order valence-electron chi connectivity index (χ4n) is 3.32. The Morgan fingerprint density at radius 2 is 1.76 bits per heavy atom. The van der Waals surface area contributed by atoms with Gasteiger partial charge in [-0.05, 0) is 18.1 Å². The number of thiophene rings is 1. The molecule has 1 atom stereocenters. The Morgan fingerprint density at radius 1 is 1.09 bits per heavy atom. The van der Waals surface area contributed by atoms with E-state index in [1.165, 1.54) is 18.4 Å². The number of imide groups is 1. The Labute approximate surface area is 198 Å². The summed E-state index contributed by atoms with van der Waals surface area (Å²) in [6.45, 7) is 1.99. The average molecular weight is 479 g/mol. The van der Waals surface area contributed by atoms with Gasteiger partial charge in [0.2, 0.25) is 5.91 Å². The molecule has 7 nitrogen and oxygen atoms in total. The second-order valence-corrected chi connectivity index (χ2v) is 9.46. The minimum atomic E-state index is -0.637. The molecule has 1 unspecified atom stereocenters. The molecule has 0 aliphatic heterocycles. The van der Waals surface area contributed by atoms with Gasteiger partial charge in [-0.3, -0.25) is 19.5 Å². The molecule has 2 heterocycles. The molecule has 4 aromatic rings. The highest BCUT2D eigenvalue weighted by molar-refractivity contribution is 8.00. The predicted octanol–water partition coefficient (Wildman–Crippen LogP) is 4.11. The first kappa shape index (κ1) is 22.8. The third-order valence-electron chi connectivity index (χ3n) is 5.04. The van der Waals surface area contributed by atoms with Crippen LogP contribution >= 0.6 is 23.1 Å². The van der Waals surface area contributed by atoms with E-state index < -0.39 is 17.2 Å². The lowest BCUT2D eigenvalue weighted by Crippen LogP contribution is -2.41. The molecular weight excluding hydrogens is 456 g/mol. The normalized spacial score (nSPS) is 11.8. The van der Waals surface area contributed by atoms with E-state index in [-0.39, 0.29) is 5.56 Å². The van der Waals surface area contributed by atoms with Crippen LogP contribution in [0.1, 0.15) is 12.5 Å². The van der Waals surface area contributed by atoms with Crippen LogP contribution < -0.4 is 16.2 Å². The molecule has 0 saturated carbocycles. The third-order valence-corrected chi connectivity index (χ3v) is 7.00. The molecule has 0 aliphatic rings. The maximum atomic E-state index is 13.7. The molecule has 168 valence electrons. The van der Waals surface area contributed by atoms with Crippen molar-refractivity contribution in [1.29, 1.82) is 0 Å². The molecule has 0 spiro atoms. The molecule has 2 aromatic heterocycles. The number of amides is 3. The zero-order valence-corrected chi connectivity index (χ0v) is 19.7. The van der Waals surface area contributed by atoms with E-state index in [1.807, 2.05) is 66.0 Å². The predicted molar refractivity (Wildman–Crippen MR) is 133 cm³/mol. The summed E-state index contributed by atoms with van der Waals surface area (Å²) in [5, 5.41) is 6.93. The largest absolute Gasteiger partial charge is 0.341 e. The van der Waals surface area contributed by atoms with E-state index in [9.17, 15) is 14.4 Å². The van der Waals surface area contributed by atoms with Crippen LogP contribution in [0.3, 0.4) is 0 Å². The summed E-state index contributed by atoms with van der Waals surface area (Å²) in [5.74, 6) is -0.462. The molecule has 2 N–H and O–H groups in total. The zero-order chi connectivity index (χ0) is 23.4. The summed E-state index contributed by atoms with van der Waals surface area (Å²) in [6, 6.07) is 18.8. The molecule has 3 amide bonds. The molecular formula is C24H22N4O3S2. The van der Waals surface area contributed by atoms with E-state index in [1.54, 1.807) is 11.5 Å². The maximum absolute atomic E-state index is 13.7. The summed E-state index contributed by atoms with van der Waals surface area (Å²) in [5.41, 5.74) is 2.58. The van der Waals surface area contributed by atoms with Gasteiger partial charge in [-0.25, -0.2) is 9.78 Å². The number of rotatable bonds is 6. The average Bonchev–Trinajstić information content (AvgIpc) is 3.26. The Morgan fingerprint density at radius 3 is 2.42 bits per heavy atom. The maximum Gasteiger partial charge on any atom is 0.321 e. The van der Waals surface area contributed by atoms with Crippen molar-refractivity contribution >= 4 is 45.3 Å². The van der Waals surface area contributed by atoms with Gasteiger partial charge in [-0.15, -0.1) is 11.3 Å². The van der Waals surface area contributed by atoms with Crippen molar-refractivity contribution in [2.24, 2.45) is 0 Å². The second-order valence-electron chi connectivity index (χ2n) is 7.30. The number of carbonyl (C=O) groups is 2. The van der Waals surface area contributed by atoms with Crippen molar-refractivity contribution < 1.29 is 9.59 Å². The van der Waals surface area contributed by atoms with Gasteiger partial charge >= 0.3 is 6.03 Å². The van der Waals surface area contributed by atoms with Crippen molar-refractivity contribution in [3.8, 4) is 11.1 Å². The number of urea groups is 1. The van der Waals surface area contributed by atoms with Crippen molar-refractivity contribution in [2.75, 3.05) is 7.05 Å². The number of benzene rings is 2. The quantitative estimate of drug-likeness (QED) is 0.321. The van der Waals surface area contributed by atoms with Crippen LogP contribution in [0, 0.1) is 0 Å². The molecule has 0 bridgehead atoms. The summed E-state index contributed by atoms with van der Waals surface area (Å²) in [7, 11) is 1.44. The second kappa shape index (κ2) is 10.0. The van der Waals surface area contributed by atoms with E-state index in [0.717, 1.165) is 28.5 Å². The molecule has 2 aromatic carbocycles. The fourth-order valence-corrected chi connectivity index (χ4v) is 5.22.